The highest BCUT2D eigenvalue weighted by molar-refractivity contribution is 7.99. The average molecular weight is 380 g/mol. The van der Waals surface area contributed by atoms with Crippen molar-refractivity contribution in [1.82, 2.24) is 14.8 Å². The van der Waals surface area contributed by atoms with E-state index in [4.69, 9.17) is 4.74 Å². The van der Waals surface area contributed by atoms with Crippen molar-refractivity contribution in [3.05, 3.63) is 22.3 Å². The summed E-state index contributed by atoms with van der Waals surface area (Å²) >= 11 is 2.79. The van der Waals surface area contributed by atoms with E-state index in [9.17, 15) is 9.59 Å². The van der Waals surface area contributed by atoms with E-state index in [1.165, 1.54) is 35.1 Å². The van der Waals surface area contributed by atoms with Gasteiger partial charge < -0.3 is 14.6 Å². The molecule has 1 aliphatic carbocycles. The molecular formula is C16H20N4O3S2. The van der Waals surface area contributed by atoms with Crippen LogP contribution in [0.4, 0.5) is 5.00 Å². The topological polar surface area (TPSA) is 86.1 Å². The molecule has 0 fully saturated rings. The number of hydrogen-bond acceptors (Lipinski definition) is 7. The minimum atomic E-state index is -0.386. The van der Waals surface area contributed by atoms with Gasteiger partial charge in [0.15, 0.2) is 5.16 Å². The van der Waals surface area contributed by atoms with Crippen LogP contribution in [0.5, 0.6) is 0 Å². The molecule has 0 aromatic carbocycles. The van der Waals surface area contributed by atoms with Crippen LogP contribution < -0.4 is 5.32 Å². The summed E-state index contributed by atoms with van der Waals surface area (Å²) < 4.78 is 6.69. The van der Waals surface area contributed by atoms with Crippen molar-refractivity contribution in [3.8, 4) is 0 Å². The fourth-order valence-electron chi connectivity index (χ4n) is 2.85. The van der Waals surface area contributed by atoms with Gasteiger partial charge in [-0.3, -0.25) is 4.79 Å². The lowest BCUT2D eigenvalue weighted by atomic mass is 9.88. The van der Waals surface area contributed by atoms with Crippen molar-refractivity contribution in [2.45, 2.75) is 31.3 Å². The van der Waals surface area contributed by atoms with Crippen LogP contribution in [0.25, 0.3) is 0 Å². The van der Waals surface area contributed by atoms with Gasteiger partial charge in [0.1, 0.15) is 11.3 Å². The molecule has 2 aromatic heterocycles. The van der Waals surface area contributed by atoms with Gasteiger partial charge in [-0.25, -0.2) is 4.79 Å². The van der Waals surface area contributed by atoms with E-state index in [1.807, 2.05) is 7.05 Å². The zero-order chi connectivity index (χ0) is 18.0. The number of methoxy groups -OCH3 is 1. The van der Waals surface area contributed by atoms with Crippen molar-refractivity contribution in [1.29, 1.82) is 0 Å². The number of aryl methyl sites for hydroxylation is 1. The highest BCUT2D eigenvalue weighted by Gasteiger charge is 2.28. The summed E-state index contributed by atoms with van der Waals surface area (Å²) in [6.45, 7) is 2.20. The zero-order valence-electron chi connectivity index (χ0n) is 14.4. The van der Waals surface area contributed by atoms with Crippen LogP contribution in [-0.4, -0.2) is 39.5 Å². The summed E-state index contributed by atoms with van der Waals surface area (Å²) in [5.74, 6) is 0.228. The first-order valence-electron chi connectivity index (χ1n) is 7.99. The lowest BCUT2D eigenvalue weighted by Crippen LogP contribution is -2.17. The molecular weight excluding hydrogens is 360 g/mol. The van der Waals surface area contributed by atoms with Crippen LogP contribution in [0, 0.1) is 5.92 Å². The molecule has 25 heavy (non-hydrogen) atoms. The quantitative estimate of drug-likeness (QED) is 0.634. The molecule has 0 bridgehead atoms. The molecule has 0 spiro atoms. The van der Waals surface area contributed by atoms with Gasteiger partial charge in [0, 0.05) is 11.9 Å². The lowest BCUT2D eigenvalue weighted by molar-refractivity contribution is -0.113. The molecule has 3 rings (SSSR count). The third-order valence-electron chi connectivity index (χ3n) is 4.16. The first-order valence-corrected chi connectivity index (χ1v) is 9.79. The maximum absolute atomic E-state index is 12.3. The molecule has 7 nitrogen and oxygen atoms in total. The minimum absolute atomic E-state index is 0.176. The van der Waals surface area contributed by atoms with E-state index in [2.05, 4.69) is 22.4 Å². The predicted molar refractivity (Wildman–Crippen MR) is 97.2 cm³/mol. The second-order valence-corrected chi connectivity index (χ2v) is 8.16. The van der Waals surface area contributed by atoms with Gasteiger partial charge >= 0.3 is 5.97 Å². The molecule has 1 aliphatic rings. The van der Waals surface area contributed by atoms with Crippen molar-refractivity contribution >= 4 is 40.0 Å². The molecule has 1 unspecified atom stereocenters. The lowest BCUT2D eigenvalue weighted by Gasteiger charge is -2.18. The first kappa shape index (κ1) is 17.9. The number of nitrogens with zero attached hydrogens (tertiary/aromatic N) is 3. The van der Waals surface area contributed by atoms with Crippen LogP contribution >= 0.6 is 23.1 Å². The Morgan fingerprint density at radius 1 is 1.52 bits per heavy atom. The van der Waals surface area contributed by atoms with Crippen LogP contribution in [0.2, 0.25) is 0 Å². The minimum Gasteiger partial charge on any atom is -0.465 e. The number of aromatic nitrogens is 3. The molecule has 2 heterocycles. The van der Waals surface area contributed by atoms with Crippen LogP contribution in [0.1, 0.15) is 34.1 Å². The van der Waals surface area contributed by atoms with Gasteiger partial charge in [0.05, 0.1) is 18.4 Å². The Balaban J connectivity index is 1.76. The van der Waals surface area contributed by atoms with E-state index in [1.54, 1.807) is 10.9 Å². The standard InChI is InChI=1S/C16H20N4O3S2/c1-9-4-5-10-11(6-9)25-14(13(10)15(22)23-3)18-12(21)7-24-16-19-17-8-20(16)2/h8-9H,4-7H2,1-3H3,(H,18,21). The molecule has 0 radical (unpaired) electrons. The van der Waals surface area contributed by atoms with Gasteiger partial charge in [-0.1, -0.05) is 18.7 Å². The summed E-state index contributed by atoms with van der Waals surface area (Å²) in [5, 5.41) is 11.9. The normalized spacial score (nSPS) is 16.4. The fraction of sp³-hybridized carbons (Fsp3) is 0.500. The van der Waals surface area contributed by atoms with E-state index in [0.717, 1.165) is 24.8 Å². The van der Waals surface area contributed by atoms with E-state index >= 15 is 0 Å². The third kappa shape index (κ3) is 3.87. The number of thioether (sulfide) groups is 1. The number of carbonyl (C=O) groups is 2. The van der Waals surface area contributed by atoms with Crippen molar-refractivity contribution in [2.24, 2.45) is 13.0 Å². The zero-order valence-corrected chi connectivity index (χ0v) is 16.0. The Bertz CT molecular complexity index is 799. The number of amides is 1. The van der Waals surface area contributed by atoms with Crippen LogP contribution in [0.3, 0.4) is 0 Å². The number of hydrogen-bond donors (Lipinski definition) is 1. The molecule has 0 aliphatic heterocycles. The maximum atomic E-state index is 12.3. The summed E-state index contributed by atoms with van der Waals surface area (Å²) in [5.41, 5.74) is 1.55. The number of anilines is 1. The van der Waals surface area contributed by atoms with Gasteiger partial charge in [0.25, 0.3) is 0 Å². The number of nitrogens with one attached hydrogen (secondary N) is 1. The molecule has 0 saturated carbocycles. The number of thiophene rings is 1. The molecule has 9 heteroatoms. The molecule has 1 atom stereocenters. The maximum Gasteiger partial charge on any atom is 0.341 e. The molecule has 1 amide bonds. The van der Waals surface area contributed by atoms with E-state index in [0.29, 0.717) is 21.6 Å². The third-order valence-corrected chi connectivity index (χ3v) is 6.36. The summed E-state index contributed by atoms with van der Waals surface area (Å²) in [6, 6.07) is 0. The Morgan fingerprint density at radius 2 is 2.32 bits per heavy atom. The largest absolute Gasteiger partial charge is 0.465 e. The van der Waals surface area contributed by atoms with Gasteiger partial charge in [-0.05, 0) is 30.7 Å². The van der Waals surface area contributed by atoms with Crippen LogP contribution in [-0.2, 0) is 29.4 Å². The summed E-state index contributed by atoms with van der Waals surface area (Å²) in [6.07, 6.45) is 4.42. The number of fused-ring (bicyclic) bond motifs is 1. The number of carbonyl (C=O) groups excluding carboxylic acids is 2. The Kier molecular flexibility index (Phi) is 5.43. The molecule has 2 aromatic rings. The number of rotatable bonds is 5. The fourth-order valence-corrected chi connectivity index (χ4v) is 4.96. The smallest absolute Gasteiger partial charge is 0.341 e. The molecule has 1 N–H and O–H groups in total. The molecule has 134 valence electrons. The Morgan fingerprint density at radius 3 is 3.00 bits per heavy atom. The van der Waals surface area contributed by atoms with Gasteiger partial charge in [0.2, 0.25) is 5.91 Å². The summed E-state index contributed by atoms with van der Waals surface area (Å²) in [4.78, 5) is 25.7. The van der Waals surface area contributed by atoms with E-state index < -0.39 is 0 Å². The number of ether oxygens (including phenoxy) is 1. The van der Waals surface area contributed by atoms with E-state index in [-0.39, 0.29) is 17.6 Å². The van der Waals surface area contributed by atoms with Crippen molar-refractivity contribution in [3.63, 3.8) is 0 Å². The van der Waals surface area contributed by atoms with Crippen molar-refractivity contribution < 1.29 is 14.3 Å². The first-order chi connectivity index (χ1) is 12.0. The molecule has 0 saturated heterocycles. The Hall–Kier alpha value is -1.87. The average Bonchev–Trinajstić information content (AvgIpc) is 3.14. The van der Waals surface area contributed by atoms with Gasteiger partial charge in [-0.2, -0.15) is 0 Å². The second-order valence-electron chi connectivity index (χ2n) is 6.11. The van der Waals surface area contributed by atoms with Crippen molar-refractivity contribution in [2.75, 3.05) is 18.2 Å². The van der Waals surface area contributed by atoms with Gasteiger partial charge in [-0.15, -0.1) is 21.5 Å². The summed E-state index contributed by atoms with van der Waals surface area (Å²) in [7, 11) is 3.19. The van der Waals surface area contributed by atoms with Crippen LogP contribution in [0.15, 0.2) is 11.5 Å². The number of esters is 1. The highest BCUT2D eigenvalue weighted by atomic mass is 32.2. The Labute approximate surface area is 154 Å². The second kappa shape index (κ2) is 7.57. The monoisotopic (exact) mass is 380 g/mol. The highest BCUT2D eigenvalue weighted by Crippen LogP contribution is 2.40. The SMILES string of the molecule is COC(=O)c1c(NC(=O)CSc2nncn2C)sc2c1CCC(C)C2. The predicted octanol–water partition coefficient (Wildman–Crippen LogP) is 2.52.